The number of aliphatic imine (C=N–C) groups is 1. The van der Waals surface area contributed by atoms with Gasteiger partial charge in [0.2, 0.25) is 0 Å². The molecule has 2 heterocycles. The van der Waals surface area contributed by atoms with Crippen molar-refractivity contribution in [1.82, 2.24) is 9.88 Å². The van der Waals surface area contributed by atoms with Crippen LogP contribution in [0.25, 0.3) is 0 Å². The Bertz CT molecular complexity index is 660. The van der Waals surface area contributed by atoms with Gasteiger partial charge in [0.25, 0.3) is 0 Å². The Morgan fingerprint density at radius 3 is 2.90 bits per heavy atom. The fraction of sp³-hybridized carbons (Fsp3) is 0.200. The van der Waals surface area contributed by atoms with Gasteiger partial charge in [-0.3, -0.25) is 0 Å². The molecule has 1 aliphatic heterocycles. The van der Waals surface area contributed by atoms with E-state index in [9.17, 15) is 4.39 Å². The maximum absolute atomic E-state index is 13.7. The van der Waals surface area contributed by atoms with E-state index in [1.807, 2.05) is 6.07 Å². The molecule has 0 saturated carbocycles. The van der Waals surface area contributed by atoms with E-state index >= 15 is 0 Å². The van der Waals surface area contributed by atoms with Gasteiger partial charge in [0.15, 0.2) is 5.17 Å². The minimum atomic E-state index is -0.300. The van der Waals surface area contributed by atoms with Gasteiger partial charge in [-0.25, -0.2) is 14.4 Å². The molecule has 1 saturated heterocycles. The van der Waals surface area contributed by atoms with Gasteiger partial charge >= 0.3 is 0 Å². The molecular formula is C15H13ClFN3S. The van der Waals surface area contributed by atoms with Crippen LogP contribution in [0, 0.1) is 5.82 Å². The maximum atomic E-state index is 13.7. The largest absolute Gasteiger partial charge is 0.346 e. The van der Waals surface area contributed by atoms with Crippen molar-refractivity contribution in [2.45, 2.75) is 6.54 Å². The van der Waals surface area contributed by atoms with Gasteiger partial charge < -0.3 is 4.90 Å². The maximum Gasteiger partial charge on any atom is 0.164 e. The smallest absolute Gasteiger partial charge is 0.164 e. The number of hydrogen-bond acceptors (Lipinski definition) is 3. The summed E-state index contributed by atoms with van der Waals surface area (Å²) in [5.74, 6) is 0.652. The zero-order chi connectivity index (χ0) is 14.7. The summed E-state index contributed by atoms with van der Waals surface area (Å²) in [5.41, 5.74) is 1.43. The number of thioether (sulfide) groups is 1. The van der Waals surface area contributed by atoms with Gasteiger partial charge in [-0.1, -0.05) is 41.6 Å². The summed E-state index contributed by atoms with van der Waals surface area (Å²) in [6, 6.07) is 10.3. The van der Waals surface area contributed by atoms with Crippen molar-refractivity contribution in [2.75, 3.05) is 12.3 Å². The van der Waals surface area contributed by atoms with Crippen molar-refractivity contribution in [3.05, 3.63) is 59.1 Å². The fourth-order valence-electron chi connectivity index (χ4n) is 2.05. The topological polar surface area (TPSA) is 28.5 Å². The molecule has 0 spiro atoms. The fourth-order valence-corrected chi connectivity index (χ4v) is 3.16. The van der Waals surface area contributed by atoms with Crippen molar-refractivity contribution in [2.24, 2.45) is 4.99 Å². The monoisotopic (exact) mass is 321 g/mol. The number of halogens is 2. The van der Waals surface area contributed by atoms with Crippen LogP contribution in [0.5, 0.6) is 0 Å². The van der Waals surface area contributed by atoms with E-state index in [4.69, 9.17) is 11.6 Å². The first-order valence-electron chi connectivity index (χ1n) is 6.54. The first-order chi connectivity index (χ1) is 10.2. The van der Waals surface area contributed by atoms with Crippen LogP contribution in [0.2, 0.25) is 5.15 Å². The lowest BCUT2D eigenvalue weighted by atomic mass is 10.3. The Morgan fingerprint density at radius 1 is 1.29 bits per heavy atom. The van der Waals surface area contributed by atoms with Crippen LogP contribution in [-0.2, 0) is 6.54 Å². The second-order valence-electron chi connectivity index (χ2n) is 4.60. The molecule has 0 unspecified atom stereocenters. The summed E-state index contributed by atoms with van der Waals surface area (Å²) >= 11 is 7.43. The van der Waals surface area contributed by atoms with Gasteiger partial charge in [-0.15, -0.1) is 0 Å². The molecule has 0 N–H and O–H groups in total. The van der Waals surface area contributed by atoms with Crippen LogP contribution in [0.3, 0.4) is 0 Å². The second kappa shape index (κ2) is 6.45. The zero-order valence-corrected chi connectivity index (χ0v) is 12.7. The summed E-state index contributed by atoms with van der Waals surface area (Å²) in [7, 11) is 0. The molecule has 1 aliphatic rings. The van der Waals surface area contributed by atoms with Crippen molar-refractivity contribution in [1.29, 1.82) is 0 Å². The molecule has 0 radical (unpaired) electrons. The SMILES string of the molecule is Fc1ccccc1N=C1SCCN1Cc1ccc(Cl)nc1. The number of amidine groups is 1. The summed E-state index contributed by atoms with van der Waals surface area (Å²) in [5, 5.41) is 1.32. The molecular weight excluding hydrogens is 309 g/mol. The third kappa shape index (κ3) is 3.54. The Morgan fingerprint density at radius 2 is 2.14 bits per heavy atom. The van der Waals surface area contributed by atoms with E-state index in [2.05, 4.69) is 14.9 Å². The number of rotatable bonds is 3. The molecule has 1 fully saturated rings. The van der Waals surface area contributed by atoms with Gasteiger partial charge in [0, 0.05) is 25.0 Å². The highest BCUT2D eigenvalue weighted by Crippen LogP contribution is 2.25. The zero-order valence-electron chi connectivity index (χ0n) is 11.2. The van der Waals surface area contributed by atoms with Crippen LogP contribution < -0.4 is 0 Å². The van der Waals surface area contributed by atoms with E-state index < -0.39 is 0 Å². The summed E-state index contributed by atoms with van der Waals surface area (Å²) in [4.78, 5) is 10.6. The van der Waals surface area contributed by atoms with E-state index in [0.717, 1.165) is 23.0 Å². The van der Waals surface area contributed by atoms with E-state index in [0.29, 0.717) is 17.4 Å². The third-order valence-corrected chi connectivity index (χ3v) is 4.31. The molecule has 0 bridgehead atoms. The van der Waals surface area contributed by atoms with E-state index in [1.54, 1.807) is 42.2 Å². The minimum absolute atomic E-state index is 0.300. The molecule has 21 heavy (non-hydrogen) atoms. The second-order valence-corrected chi connectivity index (χ2v) is 6.05. The predicted octanol–water partition coefficient (Wildman–Crippen LogP) is 4.11. The highest BCUT2D eigenvalue weighted by atomic mass is 35.5. The predicted molar refractivity (Wildman–Crippen MR) is 85.6 cm³/mol. The first-order valence-corrected chi connectivity index (χ1v) is 7.90. The number of nitrogens with zero attached hydrogens (tertiary/aromatic N) is 3. The lowest BCUT2D eigenvalue weighted by Crippen LogP contribution is -2.23. The Hall–Kier alpha value is -1.59. The average Bonchev–Trinajstić information content (AvgIpc) is 2.91. The number of para-hydroxylation sites is 1. The Balaban J connectivity index is 1.79. The van der Waals surface area contributed by atoms with Crippen LogP contribution in [0.15, 0.2) is 47.6 Å². The molecule has 0 amide bonds. The summed E-state index contributed by atoms with van der Waals surface area (Å²) < 4.78 is 13.7. The van der Waals surface area contributed by atoms with Crippen molar-refractivity contribution in [3.8, 4) is 0 Å². The molecule has 3 rings (SSSR count). The van der Waals surface area contributed by atoms with Gasteiger partial charge in [-0.2, -0.15) is 0 Å². The summed E-state index contributed by atoms with van der Waals surface area (Å²) in [6.45, 7) is 1.59. The number of aromatic nitrogens is 1. The molecule has 0 aliphatic carbocycles. The van der Waals surface area contributed by atoms with Crippen molar-refractivity contribution >= 4 is 34.2 Å². The normalized spacial score (nSPS) is 16.7. The molecule has 108 valence electrons. The number of pyridine rings is 1. The van der Waals surface area contributed by atoms with Crippen LogP contribution in [0.1, 0.15) is 5.56 Å². The quantitative estimate of drug-likeness (QED) is 0.796. The van der Waals surface area contributed by atoms with Crippen molar-refractivity contribution < 1.29 is 4.39 Å². The standard InChI is InChI=1S/C15H13ClFN3S/c16-14-6-5-11(9-18-14)10-20-7-8-21-15(20)19-13-4-2-1-3-12(13)17/h1-6,9H,7-8,10H2. The molecule has 0 atom stereocenters. The highest BCUT2D eigenvalue weighted by Gasteiger charge is 2.20. The van der Waals surface area contributed by atoms with Crippen molar-refractivity contribution in [3.63, 3.8) is 0 Å². The number of benzene rings is 1. The van der Waals surface area contributed by atoms with Gasteiger partial charge in [-0.05, 0) is 23.8 Å². The van der Waals surface area contributed by atoms with E-state index in [-0.39, 0.29) is 5.82 Å². The van der Waals surface area contributed by atoms with Crippen LogP contribution in [-0.4, -0.2) is 27.3 Å². The molecule has 1 aromatic heterocycles. The highest BCUT2D eigenvalue weighted by molar-refractivity contribution is 8.14. The molecule has 3 nitrogen and oxygen atoms in total. The molecule has 1 aromatic carbocycles. The lowest BCUT2D eigenvalue weighted by Gasteiger charge is -2.17. The Kier molecular flexibility index (Phi) is 4.41. The average molecular weight is 322 g/mol. The molecule has 2 aromatic rings. The lowest BCUT2D eigenvalue weighted by molar-refractivity contribution is 0.456. The van der Waals surface area contributed by atoms with Gasteiger partial charge in [0.05, 0.1) is 0 Å². The van der Waals surface area contributed by atoms with Crippen LogP contribution >= 0.6 is 23.4 Å². The van der Waals surface area contributed by atoms with E-state index in [1.165, 1.54) is 6.07 Å². The van der Waals surface area contributed by atoms with Gasteiger partial charge in [0.1, 0.15) is 16.7 Å². The molecule has 6 heteroatoms. The Labute approximate surface area is 131 Å². The summed E-state index contributed by atoms with van der Waals surface area (Å²) in [6.07, 6.45) is 1.76. The minimum Gasteiger partial charge on any atom is -0.346 e. The number of hydrogen-bond donors (Lipinski definition) is 0. The third-order valence-electron chi connectivity index (χ3n) is 3.09. The first kappa shape index (κ1) is 14.4. The van der Waals surface area contributed by atoms with Crippen LogP contribution in [0.4, 0.5) is 10.1 Å².